The molecule has 0 atom stereocenters. The number of rotatable bonds is 6. The van der Waals surface area contributed by atoms with Gasteiger partial charge in [0.1, 0.15) is 0 Å². The smallest absolute Gasteiger partial charge is 0.185 e. The lowest BCUT2D eigenvalue weighted by atomic mass is 10.1. The number of nitrogens with two attached hydrogens (primary N) is 1. The standard InChI is InChI=1S/C13H23N3O2S/c1-3-18-10-4-6-16(7-5-10)13-15-11(9-17-2)12(8-14)19-13/h10H,3-9,14H2,1-2H3. The zero-order chi connectivity index (χ0) is 13.7. The van der Waals surface area contributed by atoms with Crippen LogP contribution in [0.25, 0.3) is 0 Å². The third-order valence-corrected chi connectivity index (χ3v) is 4.53. The number of hydrogen-bond donors (Lipinski definition) is 1. The van der Waals surface area contributed by atoms with Crippen LogP contribution in [0.3, 0.4) is 0 Å². The summed E-state index contributed by atoms with van der Waals surface area (Å²) in [7, 11) is 1.69. The van der Waals surface area contributed by atoms with Crippen molar-refractivity contribution < 1.29 is 9.47 Å². The highest BCUT2D eigenvalue weighted by Crippen LogP contribution is 2.29. The second kappa shape index (κ2) is 7.19. The van der Waals surface area contributed by atoms with Gasteiger partial charge < -0.3 is 20.1 Å². The van der Waals surface area contributed by atoms with Crippen LogP contribution in [0.2, 0.25) is 0 Å². The summed E-state index contributed by atoms with van der Waals surface area (Å²) in [4.78, 5) is 8.12. The topological polar surface area (TPSA) is 60.6 Å². The van der Waals surface area contributed by atoms with Gasteiger partial charge >= 0.3 is 0 Å². The van der Waals surface area contributed by atoms with Crippen molar-refractivity contribution in [2.45, 2.75) is 39.0 Å². The Hall–Kier alpha value is -0.690. The molecule has 108 valence electrons. The average Bonchev–Trinajstić information content (AvgIpc) is 2.84. The molecule has 1 aliphatic rings. The molecule has 1 saturated heterocycles. The molecule has 2 rings (SSSR count). The minimum atomic E-state index is 0.411. The van der Waals surface area contributed by atoms with E-state index in [0.717, 1.165) is 48.2 Å². The predicted octanol–water partition coefficient (Wildman–Crippen LogP) is 1.75. The van der Waals surface area contributed by atoms with E-state index in [9.17, 15) is 0 Å². The van der Waals surface area contributed by atoms with Gasteiger partial charge in [0.05, 0.1) is 18.4 Å². The number of nitrogens with zero attached hydrogens (tertiary/aromatic N) is 2. The molecule has 0 spiro atoms. The van der Waals surface area contributed by atoms with Crippen LogP contribution >= 0.6 is 11.3 Å². The molecule has 1 aliphatic heterocycles. The Bertz CT molecular complexity index is 389. The fourth-order valence-electron chi connectivity index (χ4n) is 2.36. The quantitative estimate of drug-likeness (QED) is 0.863. The highest BCUT2D eigenvalue weighted by molar-refractivity contribution is 7.15. The second-order valence-corrected chi connectivity index (χ2v) is 5.71. The molecule has 1 aromatic heterocycles. The molecule has 0 aromatic carbocycles. The van der Waals surface area contributed by atoms with E-state index in [1.807, 2.05) is 0 Å². The molecule has 0 amide bonds. The minimum Gasteiger partial charge on any atom is -0.378 e. The Kier molecular flexibility index (Phi) is 5.57. The zero-order valence-corrected chi connectivity index (χ0v) is 12.5. The fraction of sp³-hybridized carbons (Fsp3) is 0.769. The number of methoxy groups -OCH3 is 1. The summed E-state index contributed by atoms with van der Waals surface area (Å²) < 4.78 is 10.8. The predicted molar refractivity (Wildman–Crippen MR) is 77.6 cm³/mol. The van der Waals surface area contributed by atoms with Gasteiger partial charge in [-0.3, -0.25) is 0 Å². The maximum Gasteiger partial charge on any atom is 0.185 e. The van der Waals surface area contributed by atoms with Crippen LogP contribution in [-0.2, 0) is 22.6 Å². The van der Waals surface area contributed by atoms with Crippen molar-refractivity contribution >= 4 is 16.5 Å². The van der Waals surface area contributed by atoms with E-state index in [2.05, 4.69) is 16.8 Å². The van der Waals surface area contributed by atoms with E-state index in [0.29, 0.717) is 19.3 Å². The van der Waals surface area contributed by atoms with Crippen molar-refractivity contribution in [3.05, 3.63) is 10.6 Å². The van der Waals surface area contributed by atoms with Gasteiger partial charge in [0.25, 0.3) is 0 Å². The van der Waals surface area contributed by atoms with Gasteiger partial charge in [-0.2, -0.15) is 0 Å². The zero-order valence-electron chi connectivity index (χ0n) is 11.7. The van der Waals surface area contributed by atoms with Gasteiger partial charge in [0, 0.05) is 38.2 Å². The molecule has 0 radical (unpaired) electrons. The van der Waals surface area contributed by atoms with Crippen LogP contribution in [-0.4, -0.2) is 37.9 Å². The summed E-state index contributed by atoms with van der Waals surface area (Å²) in [6, 6.07) is 0. The average molecular weight is 285 g/mol. The van der Waals surface area contributed by atoms with Crippen LogP contribution in [0.5, 0.6) is 0 Å². The van der Waals surface area contributed by atoms with Crippen LogP contribution in [0, 0.1) is 0 Å². The Morgan fingerprint density at radius 1 is 1.42 bits per heavy atom. The molecule has 2 heterocycles. The summed E-state index contributed by atoms with van der Waals surface area (Å²) >= 11 is 1.69. The summed E-state index contributed by atoms with van der Waals surface area (Å²) in [5.41, 5.74) is 6.75. The van der Waals surface area contributed by atoms with E-state index in [-0.39, 0.29) is 0 Å². The Morgan fingerprint density at radius 3 is 2.74 bits per heavy atom. The molecule has 19 heavy (non-hydrogen) atoms. The molecule has 0 saturated carbocycles. The molecule has 5 nitrogen and oxygen atoms in total. The van der Waals surface area contributed by atoms with Crippen LogP contribution in [0.1, 0.15) is 30.3 Å². The van der Waals surface area contributed by atoms with Crippen LogP contribution in [0.4, 0.5) is 5.13 Å². The molecule has 0 bridgehead atoms. The van der Waals surface area contributed by atoms with Gasteiger partial charge in [-0.15, -0.1) is 11.3 Å². The Morgan fingerprint density at radius 2 is 2.16 bits per heavy atom. The van der Waals surface area contributed by atoms with Gasteiger partial charge in [-0.1, -0.05) is 0 Å². The molecule has 1 aromatic rings. The maximum atomic E-state index is 5.76. The lowest BCUT2D eigenvalue weighted by molar-refractivity contribution is 0.0459. The first kappa shape index (κ1) is 14.7. The van der Waals surface area contributed by atoms with Crippen LogP contribution < -0.4 is 10.6 Å². The highest BCUT2D eigenvalue weighted by atomic mass is 32.1. The van der Waals surface area contributed by atoms with Gasteiger partial charge in [-0.25, -0.2) is 4.98 Å². The van der Waals surface area contributed by atoms with Gasteiger partial charge in [0.2, 0.25) is 0 Å². The summed E-state index contributed by atoms with van der Waals surface area (Å²) in [5.74, 6) is 0. The fourth-order valence-corrected chi connectivity index (χ4v) is 3.36. The number of ether oxygens (including phenoxy) is 2. The van der Waals surface area contributed by atoms with Crippen molar-refractivity contribution in [2.24, 2.45) is 5.73 Å². The lowest BCUT2D eigenvalue weighted by Gasteiger charge is -2.31. The Labute approximate surface area is 118 Å². The number of piperidine rings is 1. The summed E-state index contributed by atoms with van der Waals surface area (Å²) in [6.07, 6.45) is 2.56. The van der Waals surface area contributed by atoms with Crippen molar-refractivity contribution in [1.29, 1.82) is 0 Å². The van der Waals surface area contributed by atoms with Crippen molar-refractivity contribution in [1.82, 2.24) is 4.98 Å². The third-order valence-electron chi connectivity index (χ3n) is 3.35. The minimum absolute atomic E-state index is 0.411. The van der Waals surface area contributed by atoms with E-state index in [1.54, 1.807) is 18.4 Å². The molecule has 6 heteroatoms. The van der Waals surface area contributed by atoms with Crippen molar-refractivity contribution in [3.63, 3.8) is 0 Å². The molecular formula is C13H23N3O2S. The number of thiazole rings is 1. The molecular weight excluding hydrogens is 262 g/mol. The SMILES string of the molecule is CCOC1CCN(c2nc(COC)c(CN)s2)CC1. The molecule has 0 aliphatic carbocycles. The monoisotopic (exact) mass is 285 g/mol. The number of hydrogen-bond acceptors (Lipinski definition) is 6. The highest BCUT2D eigenvalue weighted by Gasteiger charge is 2.22. The molecule has 0 unspecified atom stereocenters. The lowest BCUT2D eigenvalue weighted by Crippen LogP contribution is -2.37. The van der Waals surface area contributed by atoms with Gasteiger partial charge in [0.15, 0.2) is 5.13 Å². The normalized spacial score (nSPS) is 17.1. The first-order valence-electron chi connectivity index (χ1n) is 6.82. The number of anilines is 1. The second-order valence-electron chi connectivity index (χ2n) is 4.65. The molecule has 2 N–H and O–H groups in total. The molecule has 1 fully saturated rings. The van der Waals surface area contributed by atoms with Crippen molar-refractivity contribution in [3.8, 4) is 0 Å². The largest absolute Gasteiger partial charge is 0.378 e. The first-order valence-corrected chi connectivity index (χ1v) is 7.64. The van der Waals surface area contributed by atoms with E-state index in [1.165, 1.54) is 0 Å². The van der Waals surface area contributed by atoms with E-state index >= 15 is 0 Å². The van der Waals surface area contributed by atoms with E-state index < -0.39 is 0 Å². The third kappa shape index (κ3) is 3.66. The van der Waals surface area contributed by atoms with E-state index in [4.69, 9.17) is 15.2 Å². The summed E-state index contributed by atoms with van der Waals surface area (Å²) in [5, 5.41) is 1.07. The first-order chi connectivity index (χ1) is 9.28. The van der Waals surface area contributed by atoms with Crippen LogP contribution in [0.15, 0.2) is 0 Å². The Balaban J connectivity index is 1.99. The van der Waals surface area contributed by atoms with Crippen molar-refractivity contribution in [2.75, 3.05) is 31.7 Å². The maximum absolute atomic E-state index is 5.76. The number of aromatic nitrogens is 1. The van der Waals surface area contributed by atoms with Gasteiger partial charge in [-0.05, 0) is 19.8 Å². The summed E-state index contributed by atoms with van der Waals surface area (Å²) in [6.45, 7) is 5.95.